The van der Waals surface area contributed by atoms with Gasteiger partial charge >= 0.3 is 0 Å². The first kappa shape index (κ1) is 23.8. The number of benzene rings is 3. The van der Waals surface area contributed by atoms with E-state index in [1.807, 2.05) is 54.6 Å². The number of carbonyl (C=O) groups is 1. The molecule has 0 unspecified atom stereocenters. The van der Waals surface area contributed by atoms with Crippen molar-refractivity contribution >= 4 is 44.9 Å². The average Bonchev–Trinajstić information content (AvgIpc) is 2.79. The van der Waals surface area contributed by atoms with Gasteiger partial charge in [-0.3, -0.25) is 10.1 Å². The molecular weight excluding hydrogens is 488 g/mol. The summed E-state index contributed by atoms with van der Waals surface area (Å²) in [4.78, 5) is 12.6. The maximum Gasteiger partial charge on any atom is 0.257 e. The number of halogens is 1. The summed E-state index contributed by atoms with van der Waals surface area (Å²) in [5, 5.41) is 5.93. The molecule has 32 heavy (non-hydrogen) atoms. The predicted octanol–water partition coefficient (Wildman–Crippen LogP) is 6.33. The highest BCUT2D eigenvalue weighted by molar-refractivity contribution is 9.10. The van der Waals surface area contributed by atoms with Crippen molar-refractivity contribution in [3.63, 3.8) is 0 Å². The number of rotatable bonds is 9. The highest BCUT2D eigenvalue weighted by Gasteiger charge is 2.11. The van der Waals surface area contributed by atoms with E-state index in [4.69, 9.17) is 21.7 Å². The van der Waals surface area contributed by atoms with Crippen molar-refractivity contribution in [1.29, 1.82) is 0 Å². The van der Waals surface area contributed by atoms with Crippen molar-refractivity contribution in [3.8, 4) is 11.5 Å². The molecule has 0 bridgehead atoms. The van der Waals surface area contributed by atoms with Crippen LogP contribution in [0.2, 0.25) is 0 Å². The number of nitrogens with one attached hydrogen (secondary N) is 2. The van der Waals surface area contributed by atoms with Crippen LogP contribution in [-0.2, 0) is 6.61 Å². The van der Waals surface area contributed by atoms with Crippen LogP contribution in [0.3, 0.4) is 0 Å². The standard InChI is InChI=1S/C25H25BrN2O3S/c1-2-3-14-30-23-13-12-19(15-22(23)26)24(29)28-25(32)27-20-10-7-11-21(16-20)31-17-18-8-5-4-6-9-18/h4-13,15-16H,2-3,14,17H2,1H3,(H2,27,28,29,32). The molecule has 0 atom stereocenters. The minimum absolute atomic E-state index is 0.203. The fourth-order valence-corrected chi connectivity index (χ4v) is 3.53. The Morgan fingerprint density at radius 2 is 1.81 bits per heavy atom. The summed E-state index contributed by atoms with van der Waals surface area (Å²) in [6.07, 6.45) is 2.04. The van der Waals surface area contributed by atoms with Gasteiger partial charge in [0.15, 0.2) is 5.11 Å². The average molecular weight is 513 g/mol. The third-order valence-corrected chi connectivity index (χ3v) is 5.34. The molecule has 5 nitrogen and oxygen atoms in total. The summed E-state index contributed by atoms with van der Waals surface area (Å²) >= 11 is 8.77. The van der Waals surface area contributed by atoms with Crippen molar-refractivity contribution < 1.29 is 14.3 Å². The Balaban J connectivity index is 1.53. The molecule has 166 valence electrons. The van der Waals surface area contributed by atoms with E-state index in [-0.39, 0.29) is 11.0 Å². The fourth-order valence-electron chi connectivity index (χ4n) is 2.83. The van der Waals surface area contributed by atoms with Gasteiger partial charge < -0.3 is 14.8 Å². The number of thiocarbonyl (C=S) groups is 1. The lowest BCUT2D eigenvalue weighted by Crippen LogP contribution is -2.34. The summed E-state index contributed by atoms with van der Waals surface area (Å²) in [5.41, 5.74) is 2.28. The highest BCUT2D eigenvalue weighted by Crippen LogP contribution is 2.26. The van der Waals surface area contributed by atoms with Crippen LogP contribution in [0.15, 0.2) is 77.3 Å². The van der Waals surface area contributed by atoms with Gasteiger partial charge in [0.25, 0.3) is 5.91 Å². The topological polar surface area (TPSA) is 59.6 Å². The lowest BCUT2D eigenvalue weighted by atomic mass is 10.2. The third-order valence-electron chi connectivity index (χ3n) is 4.52. The lowest BCUT2D eigenvalue weighted by Gasteiger charge is -2.12. The van der Waals surface area contributed by atoms with Crippen molar-refractivity contribution in [2.75, 3.05) is 11.9 Å². The van der Waals surface area contributed by atoms with Gasteiger partial charge in [-0.25, -0.2) is 0 Å². The number of amides is 1. The van der Waals surface area contributed by atoms with E-state index in [1.54, 1.807) is 18.2 Å². The normalized spacial score (nSPS) is 10.3. The quantitative estimate of drug-likeness (QED) is 0.259. The minimum atomic E-state index is -0.306. The van der Waals surface area contributed by atoms with Gasteiger partial charge in [0.1, 0.15) is 18.1 Å². The SMILES string of the molecule is CCCCOc1ccc(C(=O)NC(=S)Nc2cccc(OCc3ccccc3)c2)cc1Br. The zero-order valence-electron chi connectivity index (χ0n) is 17.8. The maximum absolute atomic E-state index is 12.6. The van der Waals surface area contributed by atoms with Crippen molar-refractivity contribution in [2.45, 2.75) is 26.4 Å². The molecule has 0 aliphatic rings. The van der Waals surface area contributed by atoms with Gasteiger partial charge in [-0.2, -0.15) is 0 Å². The third kappa shape index (κ3) is 7.35. The van der Waals surface area contributed by atoms with Gasteiger partial charge in [-0.1, -0.05) is 49.7 Å². The zero-order chi connectivity index (χ0) is 22.8. The number of ether oxygens (including phenoxy) is 2. The Bertz CT molecular complexity index is 1060. The minimum Gasteiger partial charge on any atom is -0.492 e. The molecule has 3 rings (SSSR count). The van der Waals surface area contributed by atoms with E-state index in [9.17, 15) is 4.79 Å². The summed E-state index contributed by atoms with van der Waals surface area (Å²) in [7, 11) is 0. The summed E-state index contributed by atoms with van der Waals surface area (Å²) < 4.78 is 12.3. The monoisotopic (exact) mass is 512 g/mol. The van der Waals surface area contributed by atoms with Crippen molar-refractivity contribution in [3.05, 3.63) is 88.4 Å². The van der Waals surface area contributed by atoms with E-state index < -0.39 is 0 Å². The Morgan fingerprint density at radius 3 is 2.56 bits per heavy atom. The van der Waals surface area contributed by atoms with E-state index in [0.29, 0.717) is 30.3 Å². The highest BCUT2D eigenvalue weighted by atomic mass is 79.9. The summed E-state index contributed by atoms with van der Waals surface area (Å²) in [5.74, 6) is 1.11. The van der Waals surface area contributed by atoms with E-state index >= 15 is 0 Å². The lowest BCUT2D eigenvalue weighted by molar-refractivity contribution is 0.0977. The molecule has 0 aromatic heterocycles. The van der Waals surface area contributed by atoms with Crippen LogP contribution in [0.5, 0.6) is 11.5 Å². The van der Waals surface area contributed by atoms with Crippen molar-refractivity contribution in [2.24, 2.45) is 0 Å². The Kier molecular flexibility index (Phi) is 9.07. The van der Waals surface area contributed by atoms with Gasteiger partial charge in [-0.05, 0) is 70.5 Å². The van der Waals surface area contributed by atoms with Gasteiger partial charge in [0.2, 0.25) is 0 Å². The molecule has 0 fully saturated rings. The molecule has 0 radical (unpaired) electrons. The number of hydrogen-bond donors (Lipinski definition) is 2. The molecule has 0 aliphatic carbocycles. The van der Waals surface area contributed by atoms with Gasteiger partial charge in [-0.15, -0.1) is 0 Å². The van der Waals surface area contributed by atoms with Crippen LogP contribution in [0, 0.1) is 0 Å². The van der Waals surface area contributed by atoms with Crippen LogP contribution in [0.1, 0.15) is 35.7 Å². The Labute approximate surface area is 202 Å². The molecule has 0 aliphatic heterocycles. The Morgan fingerprint density at radius 1 is 1.00 bits per heavy atom. The second kappa shape index (κ2) is 12.2. The fraction of sp³-hybridized carbons (Fsp3) is 0.200. The first-order valence-corrected chi connectivity index (χ1v) is 11.6. The molecular formula is C25H25BrN2O3S. The van der Waals surface area contributed by atoms with Gasteiger partial charge in [0, 0.05) is 17.3 Å². The molecule has 7 heteroatoms. The summed E-state index contributed by atoms with van der Waals surface area (Å²) in [6, 6.07) is 22.6. The molecule has 0 heterocycles. The molecule has 0 spiro atoms. The van der Waals surface area contributed by atoms with E-state index in [2.05, 4.69) is 33.5 Å². The number of carbonyl (C=O) groups excluding carboxylic acids is 1. The smallest absolute Gasteiger partial charge is 0.257 e. The number of unbranched alkanes of at least 4 members (excludes halogenated alkanes) is 1. The number of hydrogen-bond acceptors (Lipinski definition) is 4. The van der Waals surface area contributed by atoms with Crippen LogP contribution in [0.25, 0.3) is 0 Å². The van der Waals surface area contributed by atoms with Crippen molar-refractivity contribution in [1.82, 2.24) is 5.32 Å². The summed E-state index contributed by atoms with van der Waals surface area (Å²) in [6.45, 7) is 3.22. The maximum atomic E-state index is 12.6. The first-order chi connectivity index (χ1) is 15.5. The second-order valence-electron chi connectivity index (χ2n) is 7.06. The second-order valence-corrected chi connectivity index (χ2v) is 8.32. The van der Waals surface area contributed by atoms with Gasteiger partial charge in [0.05, 0.1) is 11.1 Å². The molecule has 1 amide bonds. The van der Waals surface area contributed by atoms with Crippen LogP contribution < -0.4 is 20.1 Å². The van der Waals surface area contributed by atoms with Crippen LogP contribution >= 0.6 is 28.1 Å². The zero-order valence-corrected chi connectivity index (χ0v) is 20.2. The first-order valence-electron chi connectivity index (χ1n) is 10.4. The molecule has 0 saturated heterocycles. The predicted molar refractivity (Wildman–Crippen MR) is 135 cm³/mol. The van der Waals surface area contributed by atoms with Crippen LogP contribution in [-0.4, -0.2) is 17.6 Å². The molecule has 3 aromatic rings. The molecule has 0 saturated carbocycles. The van der Waals surface area contributed by atoms with E-state index in [0.717, 1.165) is 28.6 Å². The van der Waals surface area contributed by atoms with E-state index in [1.165, 1.54) is 0 Å². The number of anilines is 1. The molecule has 3 aromatic carbocycles. The Hall–Kier alpha value is -2.90. The van der Waals surface area contributed by atoms with Crippen LogP contribution in [0.4, 0.5) is 5.69 Å². The molecule has 2 N–H and O–H groups in total. The largest absolute Gasteiger partial charge is 0.492 e.